The molecule has 0 spiro atoms. The van der Waals surface area contributed by atoms with Crippen LogP contribution in [-0.4, -0.2) is 42.7 Å². The van der Waals surface area contributed by atoms with Gasteiger partial charge in [0.1, 0.15) is 11.4 Å². The van der Waals surface area contributed by atoms with Crippen LogP contribution >= 0.6 is 0 Å². The van der Waals surface area contributed by atoms with Crippen molar-refractivity contribution >= 4 is 5.91 Å². The number of nitrogens with zero attached hydrogens (tertiary/aromatic N) is 2. The molecular weight excluding hydrogens is 330 g/mol. The summed E-state index contributed by atoms with van der Waals surface area (Å²) in [7, 11) is 3.79. The largest absolute Gasteiger partial charge is 0.497 e. The number of carbonyl (C=O) groups is 1. The minimum absolute atomic E-state index is 0.0615. The van der Waals surface area contributed by atoms with Crippen LogP contribution in [0.4, 0.5) is 0 Å². The van der Waals surface area contributed by atoms with E-state index in [1.165, 1.54) is 19.3 Å². The van der Waals surface area contributed by atoms with E-state index in [-0.39, 0.29) is 5.91 Å². The zero-order valence-corrected chi connectivity index (χ0v) is 15.5. The first-order chi connectivity index (χ1) is 12.7. The molecule has 2 heterocycles. The maximum atomic E-state index is 12.1. The number of nitrogens with one attached hydrogen (secondary N) is 1. The summed E-state index contributed by atoms with van der Waals surface area (Å²) in [5, 5.41) is 7.00. The Labute approximate surface area is 154 Å². The molecule has 1 aromatic heterocycles. The normalized spacial score (nSPS) is 17.8. The summed E-state index contributed by atoms with van der Waals surface area (Å²) in [5.41, 5.74) is 1.70. The molecule has 3 rings (SSSR count). The summed E-state index contributed by atoms with van der Waals surface area (Å²) < 4.78 is 10.5. The molecule has 1 aromatic carbocycles. The molecule has 2 aromatic rings. The molecule has 0 bridgehead atoms. The second-order valence-electron chi connectivity index (χ2n) is 6.85. The molecule has 140 valence electrons. The van der Waals surface area contributed by atoms with Gasteiger partial charge in [-0.25, -0.2) is 0 Å². The molecule has 0 aliphatic carbocycles. The van der Waals surface area contributed by atoms with Gasteiger partial charge >= 0.3 is 0 Å². The highest BCUT2D eigenvalue weighted by atomic mass is 16.5. The van der Waals surface area contributed by atoms with Crippen LogP contribution in [0.2, 0.25) is 0 Å². The van der Waals surface area contributed by atoms with Gasteiger partial charge in [0.15, 0.2) is 5.76 Å². The van der Waals surface area contributed by atoms with Crippen molar-refractivity contribution in [3.05, 3.63) is 36.1 Å². The van der Waals surface area contributed by atoms with Crippen molar-refractivity contribution in [3.63, 3.8) is 0 Å². The molecule has 6 nitrogen and oxygen atoms in total. The highest BCUT2D eigenvalue weighted by molar-refractivity contribution is 5.75. The van der Waals surface area contributed by atoms with Crippen molar-refractivity contribution in [3.8, 4) is 17.0 Å². The van der Waals surface area contributed by atoms with Crippen LogP contribution in [0, 0.1) is 0 Å². The van der Waals surface area contributed by atoms with E-state index in [0.29, 0.717) is 24.8 Å². The van der Waals surface area contributed by atoms with E-state index in [2.05, 4.69) is 22.4 Å². The number of aromatic nitrogens is 1. The van der Waals surface area contributed by atoms with Crippen molar-refractivity contribution in [2.45, 2.75) is 44.7 Å². The van der Waals surface area contributed by atoms with E-state index in [1.54, 1.807) is 7.11 Å². The van der Waals surface area contributed by atoms with E-state index in [1.807, 2.05) is 30.3 Å². The number of amides is 1. The first-order valence-electron chi connectivity index (χ1n) is 9.22. The van der Waals surface area contributed by atoms with E-state index < -0.39 is 0 Å². The van der Waals surface area contributed by atoms with Gasteiger partial charge in [-0.05, 0) is 57.1 Å². The number of hydrogen-bond donors (Lipinski definition) is 1. The Morgan fingerprint density at radius 3 is 2.88 bits per heavy atom. The van der Waals surface area contributed by atoms with Gasteiger partial charge in [-0.2, -0.15) is 0 Å². The second kappa shape index (κ2) is 8.85. The smallest absolute Gasteiger partial charge is 0.220 e. The summed E-state index contributed by atoms with van der Waals surface area (Å²) in [5.74, 6) is 1.51. The lowest BCUT2D eigenvalue weighted by molar-refractivity contribution is -0.121. The third kappa shape index (κ3) is 4.85. The van der Waals surface area contributed by atoms with Crippen LogP contribution in [-0.2, 0) is 11.3 Å². The Balaban J connectivity index is 1.45. The molecule has 0 radical (unpaired) electrons. The van der Waals surface area contributed by atoms with Gasteiger partial charge in [0.25, 0.3) is 0 Å². The summed E-state index contributed by atoms with van der Waals surface area (Å²) >= 11 is 0. The highest BCUT2D eigenvalue weighted by Crippen LogP contribution is 2.22. The van der Waals surface area contributed by atoms with Gasteiger partial charge in [0.05, 0.1) is 13.7 Å². The molecule has 1 fully saturated rings. The zero-order valence-electron chi connectivity index (χ0n) is 15.5. The van der Waals surface area contributed by atoms with Crippen molar-refractivity contribution in [1.82, 2.24) is 15.4 Å². The zero-order chi connectivity index (χ0) is 18.4. The molecule has 1 atom stereocenters. The number of rotatable bonds is 7. The minimum Gasteiger partial charge on any atom is -0.497 e. The van der Waals surface area contributed by atoms with Crippen LogP contribution in [0.5, 0.6) is 5.75 Å². The van der Waals surface area contributed by atoms with Gasteiger partial charge < -0.3 is 19.5 Å². The Morgan fingerprint density at radius 2 is 2.15 bits per heavy atom. The monoisotopic (exact) mass is 357 g/mol. The minimum atomic E-state index is 0.0615. The van der Waals surface area contributed by atoms with Gasteiger partial charge in [0, 0.05) is 24.1 Å². The van der Waals surface area contributed by atoms with Crippen molar-refractivity contribution in [2.24, 2.45) is 0 Å². The van der Waals surface area contributed by atoms with Crippen LogP contribution in [0.1, 0.15) is 37.9 Å². The van der Waals surface area contributed by atoms with E-state index >= 15 is 0 Å². The Bertz CT molecular complexity index is 711. The number of hydrogen-bond acceptors (Lipinski definition) is 5. The number of methoxy groups -OCH3 is 1. The fourth-order valence-corrected chi connectivity index (χ4v) is 3.37. The summed E-state index contributed by atoms with van der Waals surface area (Å²) in [6, 6.07) is 10.0. The quantitative estimate of drug-likeness (QED) is 0.824. The fourth-order valence-electron chi connectivity index (χ4n) is 3.37. The molecule has 1 N–H and O–H groups in total. The van der Waals surface area contributed by atoms with E-state index in [9.17, 15) is 4.79 Å². The Kier molecular flexibility index (Phi) is 6.28. The van der Waals surface area contributed by atoms with Gasteiger partial charge in [-0.3, -0.25) is 4.79 Å². The summed E-state index contributed by atoms with van der Waals surface area (Å²) in [6.07, 6.45) is 5.19. The predicted octanol–water partition coefficient (Wildman–Crippen LogP) is 3.23. The molecule has 1 amide bonds. The average Bonchev–Trinajstić information content (AvgIpc) is 3.15. The predicted molar refractivity (Wildman–Crippen MR) is 99.8 cm³/mol. The number of benzene rings is 1. The van der Waals surface area contributed by atoms with Gasteiger partial charge in [-0.15, -0.1) is 0 Å². The standard InChI is InChI=1S/C20H27N3O3/c1-23-12-4-3-5-16(23)8-11-20(24)21-14-18-13-19(22-26-18)15-6-9-17(25-2)10-7-15/h6-7,9-10,13,16H,3-5,8,11-12,14H2,1-2H3,(H,21,24). The first-order valence-corrected chi connectivity index (χ1v) is 9.22. The maximum absolute atomic E-state index is 12.1. The molecule has 1 aliphatic heterocycles. The molecule has 26 heavy (non-hydrogen) atoms. The number of ether oxygens (including phenoxy) is 1. The average molecular weight is 357 g/mol. The molecule has 0 saturated carbocycles. The van der Waals surface area contributed by atoms with Crippen LogP contribution in [0.25, 0.3) is 11.3 Å². The molecule has 1 saturated heterocycles. The third-order valence-electron chi connectivity index (χ3n) is 5.03. The molecular formula is C20H27N3O3. The topological polar surface area (TPSA) is 67.6 Å². The first kappa shape index (κ1) is 18.5. The summed E-state index contributed by atoms with van der Waals surface area (Å²) in [4.78, 5) is 14.5. The highest BCUT2D eigenvalue weighted by Gasteiger charge is 2.19. The third-order valence-corrected chi connectivity index (χ3v) is 5.03. The fraction of sp³-hybridized carbons (Fsp3) is 0.500. The van der Waals surface area contributed by atoms with Crippen molar-refractivity contribution in [1.29, 1.82) is 0 Å². The summed E-state index contributed by atoms with van der Waals surface area (Å²) in [6.45, 7) is 1.50. The van der Waals surface area contributed by atoms with Crippen molar-refractivity contribution < 1.29 is 14.1 Å². The lowest BCUT2D eigenvalue weighted by Crippen LogP contribution is -2.37. The number of likely N-dealkylation sites (tertiary alicyclic amines) is 1. The van der Waals surface area contributed by atoms with Gasteiger partial charge in [-0.1, -0.05) is 11.6 Å². The van der Waals surface area contributed by atoms with Crippen molar-refractivity contribution in [2.75, 3.05) is 20.7 Å². The second-order valence-corrected chi connectivity index (χ2v) is 6.85. The molecule has 1 aliphatic rings. The van der Waals surface area contributed by atoms with Crippen LogP contribution < -0.4 is 10.1 Å². The Morgan fingerprint density at radius 1 is 1.35 bits per heavy atom. The lowest BCUT2D eigenvalue weighted by atomic mass is 9.98. The molecule has 1 unspecified atom stereocenters. The lowest BCUT2D eigenvalue weighted by Gasteiger charge is -2.32. The molecule has 6 heteroatoms. The van der Waals surface area contributed by atoms with Gasteiger partial charge in [0.2, 0.25) is 5.91 Å². The van der Waals surface area contributed by atoms with E-state index in [0.717, 1.165) is 30.0 Å². The van der Waals surface area contributed by atoms with E-state index in [4.69, 9.17) is 9.26 Å². The van der Waals surface area contributed by atoms with Crippen LogP contribution in [0.3, 0.4) is 0 Å². The SMILES string of the molecule is COc1ccc(-c2cc(CNC(=O)CCC3CCCCN3C)on2)cc1. The number of carbonyl (C=O) groups excluding carboxylic acids is 1. The van der Waals surface area contributed by atoms with Crippen LogP contribution in [0.15, 0.2) is 34.9 Å². The Hall–Kier alpha value is -2.34. The maximum Gasteiger partial charge on any atom is 0.220 e. The number of piperidine rings is 1.